The van der Waals surface area contributed by atoms with Crippen molar-refractivity contribution in [3.05, 3.63) is 124 Å². The van der Waals surface area contributed by atoms with Crippen molar-refractivity contribution in [1.82, 2.24) is 4.90 Å². The summed E-state index contributed by atoms with van der Waals surface area (Å²) in [6, 6.07) is 23.0. The standard InChI is InChI=1S/C33H26F3N3O3S/c1-3-42-31(40)29-21(2)39(27-10-5-9-26(18-27)33(34,35)36)32(41)38(30(29)24-14-12-22(19-37)13-15-24)20-23-7-4-8-25(17-23)28-11-6-16-43-28/h4-18,30H,3,20H2,1-2H3. The van der Waals surface area contributed by atoms with Gasteiger partial charge in [-0.05, 0) is 78.4 Å². The molecule has 0 saturated heterocycles. The first-order valence-electron chi connectivity index (χ1n) is 13.4. The summed E-state index contributed by atoms with van der Waals surface area (Å²) in [6.45, 7) is 3.26. The van der Waals surface area contributed by atoms with E-state index in [0.717, 1.165) is 33.0 Å². The van der Waals surface area contributed by atoms with E-state index < -0.39 is 29.8 Å². The Kier molecular flexibility index (Phi) is 8.37. The van der Waals surface area contributed by atoms with Gasteiger partial charge in [-0.2, -0.15) is 18.4 Å². The highest BCUT2D eigenvalue weighted by atomic mass is 32.1. The van der Waals surface area contributed by atoms with Crippen LogP contribution in [0.5, 0.6) is 0 Å². The van der Waals surface area contributed by atoms with Gasteiger partial charge in [0.15, 0.2) is 0 Å². The third-order valence-electron chi connectivity index (χ3n) is 7.12. The molecule has 2 heterocycles. The molecule has 0 N–H and O–H groups in total. The van der Waals surface area contributed by atoms with E-state index in [9.17, 15) is 28.0 Å². The van der Waals surface area contributed by atoms with Crippen molar-refractivity contribution in [2.24, 2.45) is 0 Å². The van der Waals surface area contributed by atoms with Gasteiger partial charge in [0.2, 0.25) is 0 Å². The van der Waals surface area contributed by atoms with Gasteiger partial charge in [0.1, 0.15) is 0 Å². The number of thiophene rings is 1. The molecule has 1 unspecified atom stereocenters. The first-order valence-corrected chi connectivity index (χ1v) is 14.3. The van der Waals surface area contributed by atoms with Crippen LogP contribution >= 0.6 is 11.3 Å². The number of amides is 2. The van der Waals surface area contributed by atoms with Crippen LogP contribution in [0, 0.1) is 11.3 Å². The van der Waals surface area contributed by atoms with E-state index in [1.165, 1.54) is 24.0 Å². The van der Waals surface area contributed by atoms with Crippen molar-refractivity contribution in [2.75, 3.05) is 11.5 Å². The van der Waals surface area contributed by atoms with Crippen LogP contribution in [0.25, 0.3) is 10.4 Å². The van der Waals surface area contributed by atoms with Crippen LogP contribution in [-0.4, -0.2) is 23.5 Å². The maximum absolute atomic E-state index is 14.4. The number of benzene rings is 3. The third kappa shape index (κ3) is 6.03. The van der Waals surface area contributed by atoms with Gasteiger partial charge in [-0.3, -0.25) is 4.90 Å². The predicted octanol–water partition coefficient (Wildman–Crippen LogP) is 8.33. The number of allylic oxidation sites excluding steroid dienone is 1. The molecule has 1 aromatic heterocycles. The van der Waals surface area contributed by atoms with E-state index in [1.54, 1.807) is 42.5 Å². The van der Waals surface area contributed by atoms with E-state index in [1.807, 2.05) is 41.8 Å². The molecular formula is C33H26F3N3O3S. The van der Waals surface area contributed by atoms with Gasteiger partial charge < -0.3 is 9.64 Å². The predicted molar refractivity (Wildman–Crippen MR) is 158 cm³/mol. The summed E-state index contributed by atoms with van der Waals surface area (Å²) in [5.74, 6) is -0.698. The summed E-state index contributed by atoms with van der Waals surface area (Å²) in [6.07, 6.45) is -4.64. The van der Waals surface area contributed by atoms with Crippen molar-refractivity contribution in [2.45, 2.75) is 32.6 Å². The van der Waals surface area contributed by atoms with Crippen LogP contribution < -0.4 is 4.90 Å². The molecule has 1 aliphatic heterocycles. The molecule has 43 heavy (non-hydrogen) atoms. The average molecular weight is 602 g/mol. The molecule has 4 aromatic rings. The Morgan fingerprint density at radius 2 is 1.77 bits per heavy atom. The lowest BCUT2D eigenvalue weighted by atomic mass is 9.91. The number of urea groups is 1. The fourth-order valence-electron chi connectivity index (χ4n) is 5.16. The fraction of sp³-hybridized carbons (Fsp3) is 0.182. The van der Waals surface area contributed by atoms with E-state index in [0.29, 0.717) is 11.1 Å². The smallest absolute Gasteiger partial charge is 0.416 e. The average Bonchev–Trinajstić information content (AvgIpc) is 3.54. The van der Waals surface area contributed by atoms with Gasteiger partial charge in [0.05, 0.1) is 41.1 Å². The van der Waals surface area contributed by atoms with E-state index in [4.69, 9.17) is 4.74 Å². The van der Waals surface area contributed by atoms with Gasteiger partial charge in [-0.1, -0.05) is 42.5 Å². The molecule has 1 atom stereocenters. The lowest BCUT2D eigenvalue weighted by Crippen LogP contribution is -2.50. The highest BCUT2D eigenvalue weighted by molar-refractivity contribution is 7.13. The lowest BCUT2D eigenvalue weighted by Gasteiger charge is -2.43. The van der Waals surface area contributed by atoms with E-state index >= 15 is 0 Å². The molecule has 3 aromatic carbocycles. The molecule has 0 radical (unpaired) electrons. The number of carbonyl (C=O) groups is 2. The maximum atomic E-state index is 14.4. The van der Waals surface area contributed by atoms with E-state index in [2.05, 4.69) is 6.07 Å². The number of alkyl halides is 3. The van der Waals surface area contributed by atoms with Gasteiger partial charge in [0.25, 0.3) is 0 Å². The molecule has 5 rings (SSSR count). The number of hydrogen-bond donors (Lipinski definition) is 0. The summed E-state index contributed by atoms with van der Waals surface area (Å²) < 4.78 is 46.4. The number of carbonyl (C=O) groups excluding carboxylic acids is 2. The zero-order chi connectivity index (χ0) is 30.7. The Hall–Kier alpha value is -4.88. The number of rotatable bonds is 7. The summed E-state index contributed by atoms with van der Waals surface area (Å²) in [4.78, 5) is 31.6. The number of anilines is 1. The van der Waals surface area contributed by atoms with Gasteiger partial charge in [0, 0.05) is 17.1 Å². The van der Waals surface area contributed by atoms with Crippen molar-refractivity contribution >= 4 is 29.0 Å². The summed E-state index contributed by atoms with van der Waals surface area (Å²) >= 11 is 1.57. The molecule has 6 nitrogen and oxygen atoms in total. The number of ether oxygens (including phenoxy) is 1. The topological polar surface area (TPSA) is 73.6 Å². The second kappa shape index (κ2) is 12.2. The molecule has 10 heteroatoms. The molecule has 0 aliphatic carbocycles. The number of esters is 1. The summed E-state index contributed by atoms with van der Waals surface area (Å²) in [7, 11) is 0. The van der Waals surface area contributed by atoms with Crippen molar-refractivity contribution in [3.8, 4) is 16.5 Å². The molecular weight excluding hydrogens is 575 g/mol. The Balaban J connectivity index is 1.70. The Morgan fingerprint density at radius 1 is 1.02 bits per heavy atom. The first-order chi connectivity index (χ1) is 20.6. The Morgan fingerprint density at radius 3 is 2.42 bits per heavy atom. The van der Waals surface area contributed by atoms with Gasteiger partial charge in [-0.15, -0.1) is 11.3 Å². The highest BCUT2D eigenvalue weighted by Crippen LogP contribution is 2.42. The number of nitriles is 1. The van der Waals surface area contributed by atoms with Crippen LogP contribution in [0.2, 0.25) is 0 Å². The highest BCUT2D eigenvalue weighted by Gasteiger charge is 2.43. The maximum Gasteiger partial charge on any atom is 0.416 e. The molecule has 1 aliphatic rings. The summed E-state index contributed by atoms with van der Waals surface area (Å²) in [5.41, 5.74) is 1.95. The van der Waals surface area contributed by atoms with Crippen molar-refractivity contribution in [1.29, 1.82) is 5.26 Å². The lowest BCUT2D eigenvalue weighted by molar-refractivity contribution is -0.139. The minimum Gasteiger partial charge on any atom is -0.463 e. The second-order valence-electron chi connectivity index (χ2n) is 9.83. The molecule has 0 saturated carbocycles. The first kappa shape index (κ1) is 29.6. The Labute approximate surface area is 250 Å². The van der Waals surface area contributed by atoms with Crippen LogP contribution in [0.1, 0.15) is 42.1 Å². The number of halogens is 3. The normalized spacial score (nSPS) is 15.4. The van der Waals surface area contributed by atoms with Crippen molar-refractivity contribution in [3.63, 3.8) is 0 Å². The monoisotopic (exact) mass is 601 g/mol. The molecule has 0 fully saturated rings. The Bertz CT molecular complexity index is 1720. The van der Waals surface area contributed by atoms with E-state index in [-0.39, 0.29) is 30.1 Å². The second-order valence-corrected chi connectivity index (χ2v) is 10.8. The SMILES string of the molecule is CCOC(=O)C1=C(C)N(c2cccc(C(F)(F)F)c2)C(=O)N(Cc2cccc(-c3cccs3)c2)C1c1ccc(C#N)cc1. The number of nitrogens with zero attached hydrogens (tertiary/aromatic N) is 3. The third-order valence-corrected chi connectivity index (χ3v) is 8.03. The molecule has 0 bridgehead atoms. The molecule has 2 amide bonds. The summed E-state index contributed by atoms with van der Waals surface area (Å²) in [5, 5.41) is 11.3. The molecule has 218 valence electrons. The van der Waals surface area contributed by atoms with Crippen LogP contribution in [0.15, 0.2) is 102 Å². The van der Waals surface area contributed by atoms with Crippen molar-refractivity contribution < 1.29 is 27.5 Å². The van der Waals surface area contributed by atoms with Crippen LogP contribution in [-0.2, 0) is 22.3 Å². The van der Waals surface area contributed by atoms with Crippen LogP contribution in [0.3, 0.4) is 0 Å². The van der Waals surface area contributed by atoms with Gasteiger partial charge >= 0.3 is 18.2 Å². The van der Waals surface area contributed by atoms with Gasteiger partial charge in [-0.25, -0.2) is 9.59 Å². The minimum absolute atomic E-state index is 0.0326. The molecule has 0 spiro atoms. The zero-order valence-electron chi connectivity index (χ0n) is 23.3. The fourth-order valence-corrected chi connectivity index (χ4v) is 5.88. The van der Waals surface area contributed by atoms with Crippen LogP contribution in [0.4, 0.5) is 23.7 Å². The minimum atomic E-state index is -4.64. The quantitative estimate of drug-likeness (QED) is 0.200. The largest absolute Gasteiger partial charge is 0.463 e. The number of hydrogen-bond acceptors (Lipinski definition) is 5. The zero-order valence-corrected chi connectivity index (χ0v) is 24.1.